The van der Waals surface area contributed by atoms with Gasteiger partial charge in [-0.3, -0.25) is 9.69 Å². The van der Waals surface area contributed by atoms with Gasteiger partial charge in [0.1, 0.15) is 15.8 Å². The number of hydrogen-bond donors (Lipinski definition) is 0. The summed E-state index contributed by atoms with van der Waals surface area (Å²) in [7, 11) is 0. The third kappa shape index (κ3) is 5.81. The highest BCUT2D eigenvalue weighted by molar-refractivity contribution is 8.26. The summed E-state index contributed by atoms with van der Waals surface area (Å²) < 4.78 is 14.1. The molecule has 3 heterocycles. The molecule has 2 aromatic carbocycles. The number of para-hydroxylation sites is 1. The van der Waals surface area contributed by atoms with E-state index in [-0.39, 0.29) is 12.0 Å². The molecule has 0 radical (unpaired) electrons. The zero-order valence-electron chi connectivity index (χ0n) is 21.3. The molecule has 1 atom stereocenters. The number of aryl methyl sites for hydroxylation is 1. The van der Waals surface area contributed by atoms with Crippen LogP contribution in [0.5, 0.6) is 5.75 Å². The fourth-order valence-corrected chi connectivity index (χ4v) is 5.73. The second kappa shape index (κ2) is 11.2. The van der Waals surface area contributed by atoms with Crippen molar-refractivity contribution >= 4 is 40.3 Å². The third-order valence-corrected chi connectivity index (χ3v) is 7.75. The average Bonchev–Trinajstić information content (AvgIpc) is 3.61. The summed E-state index contributed by atoms with van der Waals surface area (Å²) >= 11 is 6.91. The molecule has 192 valence electrons. The van der Waals surface area contributed by atoms with Crippen molar-refractivity contribution in [2.24, 2.45) is 5.92 Å². The molecule has 0 aliphatic carbocycles. The van der Waals surface area contributed by atoms with E-state index >= 15 is 0 Å². The lowest BCUT2D eigenvalue weighted by Crippen LogP contribution is -2.35. The molecule has 5 rings (SSSR count). The number of hydrogen-bond acceptors (Lipinski definition) is 6. The maximum atomic E-state index is 13.3. The van der Waals surface area contributed by atoms with Crippen molar-refractivity contribution in [1.29, 1.82) is 0 Å². The molecule has 3 aromatic rings. The first kappa shape index (κ1) is 25.7. The minimum absolute atomic E-state index is 0.0531. The van der Waals surface area contributed by atoms with Gasteiger partial charge < -0.3 is 9.47 Å². The van der Waals surface area contributed by atoms with Crippen molar-refractivity contribution in [3.05, 3.63) is 70.8 Å². The molecule has 8 heteroatoms. The Morgan fingerprint density at radius 3 is 2.76 bits per heavy atom. The SMILES string of the molecule is Cc1cc(OCC(C)C)ccc1-c1nn(-c2ccccc2)cc1/C=C1\SC(=S)N(CC2CCCO2)C1=O. The molecule has 0 spiro atoms. The van der Waals surface area contributed by atoms with Gasteiger partial charge in [0.15, 0.2) is 0 Å². The van der Waals surface area contributed by atoms with Gasteiger partial charge >= 0.3 is 0 Å². The summed E-state index contributed by atoms with van der Waals surface area (Å²) in [5, 5.41) is 4.95. The van der Waals surface area contributed by atoms with Gasteiger partial charge in [-0.1, -0.05) is 56.0 Å². The molecule has 2 saturated heterocycles. The first-order valence-electron chi connectivity index (χ1n) is 12.6. The molecule has 37 heavy (non-hydrogen) atoms. The van der Waals surface area contributed by atoms with Crippen LogP contribution in [0.2, 0.25) is 0 Å². The molecule has 2 fully saturated rings. The summed E-state index contributed by atoms with van der Waals surface area (Å²) in [6.45, 7) is 8.25. The fraction of sp³-hybridized carbons (Fsp3) is 0.345. The summed E-state index contributed by atoms with van der Waals surface area (Å²) in [5.74, 6) is 1.22. The van der Waals surface area contributed by atoms with Crippen molar-refractivity contribution in [1.82, 2.24) is 14.7 Å². The Labute approximate surface area is 227 Å². The molecule has 0 bridgehead atoms. The van der Waals surface area contributed by atoms with Crippen LogP contribution in [0.15, 0.2) is 59.6 Å². The highest BCUT2D eigenvalue weighted by Crippen LogP contribution is 2.36. The Balaban J connectivity index is 1.50. The van der Waals surface area contributed by atoms with Crippen LogP contribution < -0.4 is 4.74 Å². The minimum Gasteiger partial charge on any atom is -0.493 e. The Bertz CT molecular complexity index is 1330. The number of nitrogens with zero attached hydrogens (tertiary/aromatic N) is 3. The highest BCUT2D eigenvalue weighted by atomic mass is 32.2. The number of thioether (sulfide) groups is 1. The zero-order chi connectivity index (χ0) is 25.9. The predicted molar refractivity (Wildman–Crippen MR) is 153 cm³/mol. The van der Waals surface area contributed by atoms with Crippen LogP contribution in [0.3, 0.4) is 0 Å². The average molecular weight is 534 g/mol. The minimum atomic E-state index is -0.0712. The number of aromatic nitrogens is 2. The van der Waals surface area contributed by atoms with E-state index in [4.69, 9.17) is 26.8 Å². The predicted octanol–water partition coefficient (Wildman–Crippen LogP) is 6.26. The van der Waals surface area contributed by atoms with Gasteiger partial charge in [0, 0.05) is 23.9 Å². The third-order valence-electron chi connectivity index (χ3n) is 6.37. The van der Waals surface area contributed by atoms with Gasteiger partial charge in [-0.15, -0.1) is 0 Å². The van der Waals surface area contributed by atoms with Gasteiger partial charge in [-0.2, -0.15) is 5.10 Å². The van der Waals surface area contributed by atoms with E-state index in [2.05, 4.69) is 20.8 Å². The van der Waals surface area contributed by atoms with Crippen molar-refractivity contribution in [3.8, 4) is 22.7 Å². The van der Waals surface area contributed by atoms with Crippen molar-refractivity contribution in [2.45, 2.75) is 39.7 Å². The van der Waals surface area contributed by atoms with E-state index in [9.17, 15) is 4.79 Å². The molecular weight excluding hydrogens is 502 g/mol. The Hall–Kier alpha value is -2.94. The van der Waals surface area contributed by atoms with Gasteiger partial charge in [0.2, 0.25) is 0 Å². The number of rotatable bonds is 8. The lowest BCUT2D eigenvalue weighted by molar-refractivity contribution is -0.123. The Morgan fingerprint density at radius 1 is 1.24 bits per heavy atom. The van der Waals surface area contributed by atoms with Gasteiger partial charge in [0.25, 0.3) is 5.91 Å². The Morgan fingerprint density at radius 2 is 2.05 bits per heavy atom. The molecule has 0 N–H and O–H groups in total. The highest BCUT2D eigenvalue weighted by Gasteiger charge is 2.35. The van der Waals surface area contributed by atoms with E-state index in [0.717, 1.165) is 53.3 Å². The molecule has 0 saturated carbocycles. The van der Waals surface area contributed by atoms with Crippen LogP contribution in [0.1, 0.15) is 37.8 Å². The van der Waals surface area contributed by atoms with Gasteiger partial charge in [-0.25, -0.2) is 4.68 Å². The number of carbonyl (C=O) groups excluding carboxylic acids is 1. The van der Waals surface area contributed by atoms with E-state index in [1.165, 1.54) is 11.8 Å². The summed E-state index contributed by atoms with van der Waals surface area (Å²) in [5.41, 5.74) is 4.67. The molecule has 1 amide bonds. The van der Waals surface area contributed by atoms with Crippen LogP contribution in [0.4, 0.5) is 0 Å². The summed E-state index contributed by atoms with van der Waals surface area (Å²) in [6.07, 6.45) is 5.93. The first-order chi connectivity index (χ1) is 17.9. The molecule has 2 aliphatic rings. The van der Waals surface area contributed by atoms with Gasteiger partial charge in [0.05, 0.1) is 29.8 Å². The monoisotopic (exact) mass is 533 g/mol. The Kier molecular flexibility index (Phi) is 7.79. The maximum Gasteiger partial charge on any atom is 0.266 e. The largest absolute Gasteiger partial charge is 0.493 e. The maximum absolute atomic E-state index is 13.3. The lowest BCUT2D eigenvalue weighted by Gasteiger charge is -2.18. The number of benzene rings is 2. The summed E-state index contributed by atoms with van der Waals surface area (Å²) in [4.78, 5) is 15.6. The smallest absolute Gasteiger partial charge is 0.266 e. The quantitative estimate of drug-likeness (QED) is 0.252. The van der Waals surface area contributed by atoms with Crippen LogP contribution in [-0.2, 0) is 9.53 Å². The normalized spacial score (nSPS) is 19.0. The second-order valence-electron chi connectivity index (χ2n) is 9.82. The molecule has 1 aromatic heterocycles. The van der Waals surface area contributed by atoms with Crippen LogP contribution in [0.25, 0.3) is 23.0 Å². The van der Waals surface area contributed by atoms with Crippen molar-refractivity contribution < 1.29 is 14.3 Å². The van der Waals surface area contributed by atoms with Crippen LogP contribution in [-0.4, -0.2) is 50.8 Å². The number of amides is 1. The standard InChI is InChI=1S/C29H31N3O3S2/c1-19(2)18-35-23-11-12-25(20(3)14-23)27-21(16-32(30-27)22-8-5-4-6-9-22)15-26-28(33)31(29(36)37-26)17-24-10-7-13-34-24/h4-6,8-9,11-12,14-16,19,24H,7,10,13,17-18H2,1-3H3/b26-15-. The van der Waals surface area contributed by atoms with Crippen LogP contribution >= 0.6 is 24.0 Å². The fourth-order valence-electron chi connectivity index (χ4n) is 4.46. The van der Waals surface area contributed by atoms with E-state index in [0.29, 0.717) is 28.3 Å². The molecule has 2 aliphatic heterocycles. The van der Waals surface area contributed by atoms with Crippen molar-refractivity contribution in [3.63, 3.8) is 0 Å². The number of thiocarbonyl (C=S) groups is 1. The van der Waals surface area contributed by atoms with Gasteiger partial charge in [-0.05, 0) is 67.7 Å². The van der Waals surface area contributed by atoms with E-state index in [1.54, 1.807) is 4.90 Å². The zero-order valence-corrected chi connectivity index (χ0v) is 23.0. The van der Waals surface area contributed by atoms with E-state index in [1.807, 2.05) is 65.5 Å². The number of carbonyl (C=O) groups is 1. The molecule has 6 nitrogen and oxygen atoms in total. The van der Waals surface area contributed by atoms with E-state index < -0.39 is 0 Å². The second-order valence-corrected chi connectivity index (χ2v) is 11.5. The summed E-state index contributed by atoms with van der Waals surface area (Å²) in [6, 6.07) is 16.0. The van der Waals surface area contributed by atoms with Crippen LogP contribution in [0, 0.1) is 12.8 Å². The van der Waals surface area contributed by atoms with Crippen molar-refractivity contribution in [2.75, 3.05) is 19.8 Å². The molecule has 1 unspecified atom stereocenters. The first-order valence-corrected chi connectivity index (χ1v) is 13.9. The number of ether oxygens (including phenoxy) is 2. The lowest BCUT2D eigenvalue weighted by atomic mass is 10.0. The topological polar surface area (TPSA) is 56.6 Å². The molecular formula is C29H31N3O3S2.